The third kappa shape index (κ3) is 1.96. The third-order valence-corrected chi connectivity index (χ3v) is 3.83. The van der Waals surface area contributed by atoms with Gasteiger partial charge >= 0.3 is 7.12 Å². The Bertz CT molecular complexity index is 464. The van der Waals surface area contributed by atoms with Gasteiger partial charge in [-0.05, 0) is 27.7 Å². The Morgan fingerprint density at radius 3 is 2.22 bits per heavy atom. The summed E-state index contributed by atoms with van der Waals surface area (Å²) in [4.78, 5) is 0. The zero-order chi connectivity index (χ0) is 13.6. The lowest BCUT2D eigenvalue weighted by atomic mass is 9.77. The number of aromatic hydroxyl groups is 1. The largest absolute Gasteiger partial charge is 0.508 e. The molecule has 0 amide bonds. The van der Waals surface area contributed by atoms with Crippen molar-refractivity contribution >= 4 is 18.7 Å². The second kappa shape index (κ2) is 4.14. The van der Waals surface area contributed by atoms with Crippen molar-refractivity contribution in [2.75, 3.05) is 0 Å². The Labute approximate surface area is 109 Å². The summed E-state index contributed by atoms with van der Waals surface area (Å²) in [7, 11) is -0.546. The number of phenols is 1. The van der Waals surface area contributed by atoms with Gasteiger partial charge in [0.2, 0.25) is 0 Å². The van der Waals surface area contributed by atoms with E-state index in [0.29, 0.717) is 11.0 Å². The topological polar surface area (TPSA) is 38.7 Å². The molecule has 0 spiro atoms. The highest BCUT2D eigenvalue weighted by molar-refractivity contribution is 6.63. The SMILES string of the molecule is C=Cc1cccc(B2OC(C)(C)C(C)(C)O2)c1O. The monoisotopic (exact) mass is 246 g/mol. The summed E-state index contributed by atoms with van der Waals surface area (Å²) in [6, 6.07) is 5.47. The van der Waals surface area contributed by atoms with Gasteiger partial charge in [-0.1, -0.05) is 30.9 Å². The molecule has 1 aromatic carbocycles. The van der Waals surface area contributed by atoms with E-state index >= 15 is 0 Å². The lowest BCUT2D eigenvalue weighted by Gasteiger charge is -2.32. The minimum atomic E-state index is -0.546. The molecule has 4 heteroatoms. The molecular formula is C14H19BO3. The fourth-order valence-corrected chi connectivity index (χ4v) is 1.90. The zero-order valence-corrected chi connectivity index (χ0v) is 11.4. The van der Waals surface area contributed by atoms with Crippen molar-refractivity contribution < 1.29 is 14.4 Å². The lowest BCUT2D eigenvalue weighted by Crippen LogP contribution is -2.41. The van der Waals surface area contributed by atoms with E-state index in [1.165, 1.54) is 0 Å². The van der Waals surface area contributed by atoms with Crippen LogP contribution in [0.25, 0.3) is 6.08 Å². The van der Waals surface area contributed by atoms with Crippen LogP contribution in [0.2, 0.25) is 0 Å². The first-order chi connectivity index (χ1) is 8.28. The van der Waals surface area contributed by atoms with Crippen LogP contribution in [0.4, 0.5) is 0 Å². The molecule has 1 fully saturated rings. The average molecular weight is 246 g/mol. The van der Waals surface area contributed by atoms with Crippen molar-refractivity contribution in [3.8, 4) is 5.75 Å². The van der Waals surface area contributed by atoms with Gasteiger partial charge in [0.05, 0.1) is 11.2 Å². The first-order valence-electron chi connectivity index (χ1n) is 6.08. The van der Waals surface area contributed by atoms with Gasteiger partial charge in [0.25, 0.3) is 0 Å². The number of benzene rings is 1. The molecule has 1 aliphatic heterocycles. The lowest BCUT2D eigenvalue weighted by molar-refractivity contribution is 0.00578. The number of para-hydroxylation sites is 1. The number of hydrogen-bond acceptors (Lipinski definition) is 3. The molecule has 0 aliphatic carbocycles. The molecular weight excluding hydrogens is 227 g/mol. The maximum absolute atomic E-state index is 10.2. The highest BCUT2D eigenvalue weighted by Crippen LogP contribution is 2.37. The van der Waals surface area contributed by atoms with E-state index in [1.807, 2.05) is 39.8 Å². The Morgan fingerprint density at radius 1 is 1.17 bits per heavy atom. The fraction of sp³-hybridized carbons (Fsp3) is 0.429. The van der Waals surface area contributed by atoms with Gasteiger partial charge in [-0.3, -0.25) is 0 Å². The van der Waals surface area contributed by atoms with Crippen LogP contribution < -0.4 is 5.46 Å². The van der Waals surface area contributed by atoms with E-state index in [4.69, 9.17) is 9.31 Å². The number of rotatable bonds is 2. The first-order valence-corrected chi connectivity index (χ1v) is 6.08. The minimum absolute atomic E-state index is 0.172. The molecule has 1 heterocycles. The second-order valence-electron chi connectivity index (χ2n) is 5.58. The summed E-state index contributed by atoms with van der Waals surface area (Å²) in [5.41, 5.74) is 0.510. The Morgan fingerprint density at radius 2 is 1.72 bits per heavy atom. The van der Waals surface area contributed by atoms with Gasteiger partial charge in [0.1, 0.15) is 5.75 Å². The van der Waals surface area contributed by atoms with Crippen LogP contribution in [0.3, 0.4) is 0 Å². The molecule has 1 aromatic rings. The molecule has 0 radical (unpaired) electrons. The van der Waals surface area contributed by atoms with Gasteiger partial charge in [0.15, 0.2) is 0 Å². The molecule has 0 saturated carbocycles. The number of hydrogen-bond donors (Lipinski definition) is 1. The maximum atomic E-state index is 10.2. The van der Waals surface area contributed by atoms with Gasteiger partial charge in [-0.15, -0.1) is 0 Å². The van der Waals surface area contributed by atoms with E-state index in [1.54, 1.807) is 12.1 Å². The summed E-state index contributed by atoms with van der Waals surface area (Å²) in [5.74, 6) is 0.172. The Balaban J connectivity index is 2.38. The van der Waals surface area contributed by atoms with E-state index in [9.17, 15) is 5.11 Å². The van der Waals surface area contributed by atoms with Gasteiger partial charge in [0, 0.05) is 11.0 Å². The van der Waals surface area contributed by atoms with Crippen LogP contribution in [0.1, 0.15) is 33.3 Å². The van der Waals surface area contributed by atoms with Crippen LogP contribution in [0.5, 0.6) is 5.75 Å². The minimum Gasteiger partial charge on any atom is -0.508 e. The quantitative estimate of drug-likeness (QED) is 0.814. The van der Waals surface area contributed by atoms with Crippen molar-refractivity contribution in [3.05, 3.63) is 30.3 Å². The summed E-state index contributed by atoms with van der Waals surface area (Å²) < 4.78 is 11.8. The van der Waals surface area contributed by atoms with Crippen LogP contribution >= 0.6 is 0 Å². The van der Waals surface area contributed by atoms with Crippen molar-refractivity contribution in [2.45, 2.75) is 38.9 Å². The molecule has 0 atom stereocenters. The predicted molar refractivity (Wildman–Crippen MR) is 73.9 cm³/mol. The highest BCUT2D eigenvalue weighted by Gasteiger charge is 2.52. The Hall–Kier alpha value is -1.26. The molecule has 2 rings (SSSR count). The maximum Gasteiger partial charge on any atom is 0.498 e. The van der Waals surface area contributed by atoms with Gasteiger partial charge in [-0.2, -0.15) is 0 Å². The fourth-order valence-electron chi connectivity index (χ4n) is 1.90. The third-order valence-electron chi connectivity index (χ3n) is 3.83. The number of phenolic OH excluding ortho intramolecular Hbond substituents is 1. The summed E-state index contributed by atoms with van der Waals surface area (Å²) in [6.07, 6.45) is 1.62. The molecule has 3 nitrogen and oxygen atoms in total. The molecule has 1 N–H and O–H groups in total. The molecule has 18 heavy (non-hydrogen) atoms. The second-order valence-corrected chi connectivity index (χ2v) is 5.58. The molecule has 1 saturated heterocycles. The van der Waals surface area contributed by atoms with E-state index in [-0.39, 0.29) is 5.75 Å². The van der Waals surface area contributed by atoms with Crippen molar-refractivity contribution in [1.82, 2.24) is 0 Å². The van der Waals surface area contributed by atoms with Crippen LogP contribution in [-0.4, -0.2) is 23.4 Å². The van der Waals surface area contributed by atoms with Crippen molar-refractivity contribution in [2.24, 2.45) is 0 Å². The van der Waals surface area contributed by atoms with E-state index < -0.39 is 18.3 Å². The van der Waals surface area contributed by atoms with Crippen molar-refractivity contribution in [3.63, 3.8) is 0 Å². The van der Waals surface area contributed by atoms with Gasteiger partial charge in [-0.25, -0.2) is 0 Å². The standard InChI is InChI=1S/C14H19BO3/c1-6-10-8-7-9-11(12(10)16)15-17-13(2,3)14(4,5)18-15/h6-9,16H,1H2,2-5H3. The summed E-state index contributed by atoms with van der Waals surface area (Å²) >= 11 is 0. The van der Waals surface area contributed by atoms with E-state index in [2.05, 4.69) is 6.58 Å². The normalized spacial score (nSPS) is 21.0. The first kappa shape index (κ1) is 13.2. The molecule has 96 valence electrons. The molecule has 0 aromatic heterocycles. The highest BCUT2D eigenvalue weighted by atomic mass is 16.7. The zero-order valence-electron chi connectivity index (χ0n) is 11.4. The van der Waals surface area contributed by atoms with Crippen LogP contribution in [0, 0.1) is 0 Å². The van der Waals surface area contributed by atoms with E-state index in [0.717, 1.165) is 0 Å². The van der Waals surface area contributed by atoms with Crippen LogP contribution in [0.15, 0.2) is 24.8 Å². The summed E-state index contributed by atoms with van der Waals surface area (Å²) in [5, 5.41) is 10.2. The predicted octanol–water partition coefficient (Wildman–Crippen LogP) is 2.33. The van der Waals surface area contributed by atoms with Crippen molar-refractivity contribution in [1.29, 1.82) is 0 Å². The summed E-state index contributed by atoms with van der Waals surface area (Å²) in [6.45, 7) is 11.6. The molecule has 1 aliphatic rings. The molecule has 0 unspecified atom stereocenters. The van der Waals surface area contributed by atoms with Crippen LogP contribution in [-0.2, 0) is 9.31 Å². The Kier molecular flexibility index (Phi) is 3.03. The molecule has 0 bridgehead atoms. The average Bonchev–Trinajstić information content (AvgIpc) is 2.48. The smallest absolute Gasteiger partial charge is 0.498 e. The van der Waals surface area contributed by atoms with Gasteiger partial charge < -0.3 is 14.4 Å².